The standard InChI is InChI=1S/C10H14O2/c1-3-8(2)6-10(11)9-4-5-12-7-9/h4-5,7-8H,3,6H2,1-2H3. The first-order valence-corrected chi connectivity index (χ1v) is 4.29. The highest BCUT2D eigenvalue weighted by atomic mass is 16.3. The molecule has 1 atom stereocenters. The van der Waals surface area contributed by atoms with Crippen LogP contribution in [0.3, 0.4) is 0 Å². The molecular weight excluding hydrogens is 152 g/mol. The Kier molecular flexibility index (Phi) is 3.09. The molecule has 1 rings (SSSR count). The molecule has 0 aliphatic heterocycles. The van der Waals surface area contributed by atoms with Crippen molar-refractivity contribution >= 4 is 5.78 Å². The first-order chi connectivity index (χ1) is 5.74. The molecular formula is C10H14O2. The summed E-state index contributed by atoms with van der Waals surface area (Å²) in [5.41, 5.74) is 0.690. The maximum Gasteiger partial charge on any atom is 0.166 e. The molecule has 0 spiro atoms. The van der Waals surface area contributed by atoms with Crippen LogP contribution in [0.1, 0.15) is 37.0 Å². The average Bonchev–Trinajstić information content (AvgIpc) is 2.56. The second-order valence-corrected chi connectivity index (χ2v) is 3.15. The second-order valence-electron chi connectivity index (χ2n) is 3.15. The van der Waals surface area contributed by atoms with Gasteiger partial charge in [0.15, 0.2) is 5.78 Å². The van der Waals surface area contributed by atoms with Crippen molar-refractivity contribution in [2.75, 3.05) is 0 Å². The van der Waals surface area contributed by atoms with Gasteiger partial charge in [-0.05, 0) is 12.0 Å². The fourth-order valence-electron chi connectivity index (χ4n) is 1.00. The number of hydrogen-bond acceptors (Lipinski definition) is 2. The summed E-state index contributed by atoms with van der Waals surface area (Å²) in [7, 11) is 0. The number of carbonyl (C=O) groups excluding carboxylic acids is 1. The highest BCUT2D eigenvalue weighted by Gasteiger charge is 2.10. The van der Waals surface area contributed by atoms with Crippen molar-refractivity contribution in [3.05, 3.63) is 24.2 Å². The maximum absolute atomic E-state index is 11.4. The number of furan rings is 1. The van der Waals surface area contributed by atoms with Crippen LogP contribution < -0.4 is 0 Å². The van der Waals surface area contributed by atoms with Gasteiger partial charge in [0, 0.05) is 6.42 Å². The molecule has 0 aliphatic rings. The average molecular weight is 166 g/mol. The van der Waals surface area contributed by atoms with Crippen molar-refractivity contribution < 1.29 is 9.21 Å². The molecule has 0 saturated heterocycles. The van der Waals surface area contributed by atoms with Crippen LogP contribution in [0.25, 0.3) is 0 Å². The van der Waals surface area contributed by atoms with Gasteiger partial charge in [-0.1, -0.05) is 20.3 Å². The van der Waals surface area contributed by atoms with Gasteiger partial charge in [0.2, 0.25) is 0 Å². The number of hydrogen-bond donors (Lipinski definition) is 0. The first-order valence-electron chi connectivity index (χ1n) is 4.29. The lowest BCUT2D eigenvalue weighted by atomic mass is 9.99. The Morgan fingerprint density at radius 2 is 2.42 bits per heavy atom. The molecule has 1 aromatic rings. The zero-order valence-electron chi connectivity index (χ0n) is 7.54. The van der Waals surface area contributed by atoms with E-state index in [0.29, 0.717) is 17.9 Å². The van der Waals surface area contributed by atoms with Gasteiger partial charge < -0.3 is 4.42 Å². The summed E-state index contributed by atoms with van der Waals surface area (Å²) in [6, 6.07) is 1.71. The molecule has 0 fully saturated rings. The zero-order chi connectivity index (χ0) is 8.97. The minimum atomic E-state index is 0.179. The molecule has 0 saturated carbocycles. The van der Waals surface area contributed by atoms with Gasteiger partial charge in [-0.15, -0.1) is 0 Å². The largest absolute Gasteiger partial charge is 0.472 e. The predicted molar refractivity (Wildman–Crippen MR) is 47.1 cm³/mol. The predicted octanol–water partition coefficient (Wildman–Crippen LogP) is 2.90. The van der Waals surface area contributed by atoms with Gasteiger partial charge in [-0.3, -0.25) is 4.79 Å². The van der Waals surface area contributed by atoms with Crippen LogP contribution in [0.4, 0.5) is 0 Å². The Morgan fingerprint density at radius 1 is 1.67 bits per heavy atom. The van der Waals surface area contributed by atoms with Crippen molar-refractivity contribution in [3.63, 3.8) is 0 Å². The van der Waals surface area contributed by atoms with E-state index in [1.165, 1.54) is 12.5 Å². The smallest absolute Gasteiger partial charge is 0.166 e. The summed E-state index contributed by atoms with van der Waals surface area (Å²) >= 11 is 0. The van der Waals surface area contributed by atoms with Crippen LogP contribution in [-0.2, 0) is 0 Å². The Morgan fingerprint density at radius 3 is 2.92 bits per heavy atom. The Bertz CT molecular complexity index is 236. The highest BCUT2D eigenvalue weighted by Crippen LogP contribution is 2.12. The van der Waals surface area contributed by atoms with Crippen molar-refractivity contribution in [3.8, 4) is 0 Å². The van der Waals surface area contributed by atoms with E-state index >= 15 is 0 Å². The molecule has 1 unspecified atom stereocenters. The van der Waals surface area contributed by atoms with Crippen molar-refractivity contribution in [2.45, 2.75) is 26.7 Å². The van der Waals surface area contributed by atoms with E-state index in [4.69, 9.17) is 4.42 Å². The summed E-state index contributed by atoms with van der Waals surface area (Å²) in [6.45, 7) is 4.17. The summed E-state index contributed by atoms with van der Waals surface area (Å²) < 4.78 is 4.83. The topological polar surface area (TPSA) is 30.2 Å². The van der Waals surface area contributed by atoms with E-state index in [0.717, 1.165) is 6.42 Å². The molecule has 1 aromatic heterocycles. The summed E-state index contributed by atoms with van der Waals surface area (Å²) in [6.07, 6.45) is 4.70. The van der Waals surface area contributed by atoms with Crippen LogP contribution in [0.5, 0.6) is 0 Å². The lowest BCUT2D eigenvalue weighted by Gasteiger charge is -2.04. The number of rotatable bonds is 4. The molecule has 0 amide bonds. The van der Waals surface area contributed by atoms with Gasteiger partial charge in [0.1, 0.15) is 6.26 Å². The Balaban J connectivity index is 2.50. The lowest BCUT2D eigenvalue weighted by Crippen LogP contribution is -2.03. The third-order valence-electron chi connectivity index (χ3n) is 2.07. The molecule has 2 nitrogen and oxygen atoms in total. The second kappa shape index (κ2) is 4.10. The van der Waals surface area contributed by atoms with E-state index in [1.54, 1.807) is 6.07 Å². The Labute approximate surface area is 72.6 Å². The number of carbonyl (C=O) groups is 1. The Hall–Kier alpha value is -1.05. The summed E-state index contributed by atoms with van der Waals surface area (Å²) in [5.74, 6) is 0.644. The molecule has 0 aliphatic carbocycles. The van der Waals surface area contributed by atoms with Gasteiger partial charge in [-0.2, -0.15) is 0 Å². The normalized spacial score (nSPS) is 12.8. The summed E-state index contributed by atoms with van der Waals surface area (Å²) in [5, 5.41) is 0. The van der Waals surface area contributed by atoms with E-state index in [9.17, 15) is 4.79 Å². The fourth-order valence-corrected chi connectivity index (χ4v) is 1.00. The van der Waals surface area contributed by atoms with Crippen molar-refractivity contribution in [1.29, 1.82) is 0 Å². The molecule has 12 heavy (non-hydrogen) atoms. The molecule has 0 radical (unpaired) electrons. The van der Waals surface area contributed by atoms with Crippen LogP contribution in [0.15, 0.2) is 23.0 Å². The molecule has 66 valence electrons. The zero-order valence-corrected chi connectivity index (χ0v) is 7.54. The van der Waals surface area contributed by atoms with Gasteiger partial charge in [0.05, 0.1) is 11.8 Å². The van der Waals surface area contributed by atoms with Crippen LogP contribution in [0.2, 0.25) is 0 Å². The molecule has 0 aromatic carbocycles. The number of Topliss-reactive ketones (excluding diaryl/α,β-unsaturated/α-hetero) is 1. The minimum Gasteiger partial charge on any atom is -0.472 e. The van der Waals surface area contributed by atoms with Crippen LogP contribution in [-0.4, -0.2) is 5.78 Å². The third kappa shape index (κ3) is 2.22. The van der Waals surface area contributed by atoms with Gasteiger partial charge in [0.25, 0.3) is 0 Å². The van der Waals surface area contributed by atoms with E-state index in [1.807, 2.05) is 0 Å². The summed E-state index contributed by atoms with van der Waals surface area (Å²) in [4.78, 5) is 11.4. The molecule has 0 bridgehead atoms. The van der Waals surface area contributed by atoms with Gasteiger partial charge >= 0.3 is 0 Å². The van der Waals surface area contributed by atoms with Crippen LogP contribution >= 0.6 is 0 Å². The molecule has 1 heterocycles. The van der Waals surface area contributed by atoms with Crippen molar-refractivity contribution in [1.82, 2.24) is 0 Å². The number of ketones is 1. The SMILES string of the molecule is CCC(C)CC(=O)c1ccoc1. The van der Waals surface area contributed by atoms with Crippen LogP contribution in [0, 0.1) is 5.92 Å². The van der Waals surface area contributed by atoms with E-state index in [-0.39, 0.29) is 5.78 Å². The van der Waals surface area contributed by atoms with Crippen molar-refractivity contribution in [2.24, 2.45) is 5.92 Å². The van der Waals surface area contributed by atoms with E-state index < -0.39 is 0 Å². The first kappa shape index (κ1) is 9.04. The maximum atomic E-state index is 11.4. The third-order valence-corrected chi connectivity index (χ3v) is 2.07. The fraction of sp³-hybridized carbons (Fsp3) is 0.500. The quantitative estimate of drug-likeness (QED) is 0.644. The molecule has 0 N–H and O–H groups in total. The lowest BCUT2D eigenvalue weighted by molar-refractivity contribution is 0.0963. The molecule has 2 heteroatoms. The monoisotopic (exact) mass is 166 g/mol. The van der Waals surface area contributed by atoms with Gasteiger partial charge in [-0.25, -0.2) is 0 Å². The minimum absolute atomic E-state index is 0.179. The van der Waals surface area contributed by atoms with E-state index in [2.05, 4.69) is 13.8 Å². The highest BCUT2D eigenvalue weighted by molar-refractivity contribution is 5.95.